The number of benzene rings is 2. The van der Waals surface area contributed by atoms with Crippen molar-refractivity contribution in [3.05, 3.63) is 65.7 Å². The molecule has 0 amide bonds. The molecule has 0 spiro atoms. The lowest BCUT2D eigenvalue weighted by Crippen LogP contribution is -2.04. The molecule has 0 aliphatic carbocycles. The molecule has 0 aliphatic rings. The fourth-order valence-corrected chi connectivity index (χ4v) is 1.56. The van der Waals surface area contributed by atoms with E-state index >= 15 is 0 Å². The van der Waals surface area contributed by atoms with Crippen LogP contribution in [0.4, 0.5) is 4.79 Å². The predicted octanol–water partition coefficient (Wildman–Crippen LogP) is 3.38. The highest BCUT2D eigenvalue weighted by atomic mass is 16.8. The van der Waals surface area contributed by atoms with Crippen LogP contribution in [0.2, 0.25) is 0 Å². The Morgan fingerprint density at radius 3 is 2.48 bits per heavy atom. The first-order valence-corrected chi connectivity index (χ1v) is 6.33. The maximum Gasteiger partial charge on any atom is 0.535 e. The summed E-state index contributed by atoms with van der Waals surface area (Å²) >= 11 is 0. The third kappa shape index (κ3) is 4.99. The van der Waals surface area contributed by atoms with Gasteiger partial charge in [0.15, 0.2) is 0 Å². The van der Waals surface area contributed by atoms with E-state index in [4.69, 9.17) is 9.47 Å². The lowest BCUT2D eigenvalue weighted by atomic mass is 10.2. The van der Waals surface area contributed by atoms with Crippen LogP contribution in [0.25, 0.3) is 0 Å². The van der Waals surface area contributed by atoms with Crippen LogP contribution in [0.15, 0.2) is 59.8 Å². The predicted molar refractivity (Wildman–Crippen MR) is 78.3 cm³/mol. The van der Waals surface area contributed by atoms with Crippen LogP contribution in [0.1, 0.15) is 11.1 Å². The molecule has 0 saturated heterocycles. The van der Waals surface area contributed by atoms with E-state index in [-0.39, 0.29) is 6.61 Å². The van der Waals surface area contributed by atoms with Crippen molar-refractivity contribution in [2.45, 2.75) is 6.61 Å². The largest absolute Gasteiger partial charge is 0.535 e. The number of carbonyl (C=O) groups is 1. The monoisotopic (exact) mass is 285 g/mol. The Balaban J connectivity index is 1.75. The lowest BCUT2D eigenvalue weighted by Gasteiger charge is -2.03. The van der Waals surface area contributed by atoms with Gasteiger partial charge in [-0.1, -0.05) is 47.6 Å². The molecule has 0 bridgehead atoms. The third-order valence-electron chi connectivity index (χ3n) is 2.64. The van der Waals surface area contributed by atoms with E-state index in [9.17, 15) is 4.79 Å². The zero-order valence-electron chi connectivity index (χ0n) is 11.6. The molecule has 0 N–H and O–H groups in total. The van der Waals surface area contributed by atoms with Crippen LogP contribution >= 0.6 is 0 Å². The summed E-state index contributed by atoms with van der Waals surface area (Å²) in [5.74, 6) is 0.744. The van der Waals surface area contributed by atoms with E-state index in [0.717, 1.165) is 16.9 Å². The Hall–Kier alpha value is -2.82. The molecular formula is C16H15NO4. The van der Waals surface area contributed by atoms with E-state index in [0.29, 0.717) is 0 Å². The van der Waals surface area contributed by atoms with Gasteiger partial charge in [0.05, 0.1) is 13.3 Å². The molecular weight excluding hydrogens is 270 g/mol. The Kier molecular flexibility index (Phi) is 5.34. The van der Waals surface area contributed by atoms with Crippen LogP contribution in [0, 0.1) is 0 Å². The zero-order valence-corrected chi connectivity index (χ0v) is 11.6. The number of carbonyl (C=O) groups excluding carboxylic acids is 1. The molecule has 108 valence electrons. The highest BCUT2D eigenvalue weighted by Gasteiger charge is 2.04. The molecule has 0 aromatic heterocycles. The summed E-state index contributed by atoms with van der Waals surface area (Å²) in [7, 11) is 1.59. The van der Waals surface area contributed by atoms with Gasteiger partial charge >= 0.3 is 6.16 Å². The normalized spacial score (nSPS) is 10.3. The smallest absolute Gasteiger partial charge is 0.497 e. The van der Waals surface area contributed by atoms with Gasteiger partial charge in [0, 0.05) is 0 Å². The van der Waals surface area contributed by atoms with Crippen LogP contribution in [0.3, 0.4) is 0 Å². The van der Waals surface area contributed by atoms with Gasteiger partial charge in [0.25, 0.3) is 0 Å². The quantitative estimate of drug-likeness (QED) is 0.366. The first-order chi connectivity index (χ1) is 10.3. The Morgan fingerprint density at radius 1 is 1.10 bits per heavy atom. The minimum atomic E-state index is -0.849. The SMILES string of the molecule is COc1ccc(COC(=O)O/N=C/c2ccccc2)cc1. The Bertz CT molecular complexity index is 593. The molecule has 2 aromatic carbocycles. The van der Waals surface area contributed by atoms with Gasteiger partial charge in [-0.3, -0.25) is 4.84 Å². The zero-order chi connectivity index (χ0) is 14.9. The summed E-state index contributed by atoms with van der Waals surface area (Å²) in [6.45, 7) is 0.115. The molecule has 0 unspecified atom stereocenters. The highest BCUT2D eigenvalue weighted by molar-refractivity contribution is 5.79. The van der Waals surface area contributed by atoms with Crippen molar-refractivity contribution < 1.29 is 19.1 Å². The maximum atomic E-state index is 11.3. The van der Waals surface area contributed by atoms with Crippen LogP contribution in [0.5, 0.6) is 5.75 Å². The summed E-state index contributed by atoms with van der Waals surface area (Å²) in [5.41, 5.74) is 1.67. The molecule has 0 radical (unpaired) electrons. The average Bonchev–Trinajstić information content (AvgIpc) is 2.54. The number of hydrogen-bond acceptors (Lipinski definition) is 5. The summed E-state index contributed by atoms with van der Waals surface area (Å²) in [6.07, 6.45) is 0.590. The number of oxime groups is 1. The number of hydrogen-bond donors (Lipinski definition) is 0. The topological polar surface area (TPSA) is 57.1 Å². The highest BCUT2D eigenvalue weighted by Crippen LogP contribution is 2.12. The van der Waals surface area contributed by atoms with Crippen molar-refractivity contribution >= 4 is 12.4 Å². The van der Waals surface area contributed by atoms with Gasteiger partial charge in [-0.25, -0.2) is 4.79 Å². The summed E-state index contributed by atoms with van der Waals surface area (Å²) in [6, 6.07) is 16.5. The fraction of sp³-hybridized carbons (Fsp3) is 0.125. The molecule has 5 heteroatoms. The molecule has 0 saturated carbocycles. The second-order valence-corrected chi connectivity index (χ2v) is 4.12. The Morgan fingerprint density at radius 2 is 1.81 bits per heavy atom. The number of ether oxygens (including phenoxy) is 2. The van der Waals surface area contributed by atoms with Crippen molar-refractivity contribution in [2.75, 3.05) is 7.11 Å². The van der Waals surface area contributed by atoms with Gasteiger partial charge in [-0.15, -0.1) is 0 Å². The van der Waals surface area contributed by atoms with Crippen LogP contribution in [-0.2, 0) is 16.2 Å². The average molecular weight is 285 g/mol. The van der Waals surface area contributed by atoms with Crippen LogP contribution in [-0.4, -0.2) is 19.5 Å². The second kappa shape index (κ2) is 7.69. The van der Waals surface area contributed by atoms with E-state index in [1.54, 1.807) is 31.4 Å². The Labute approximate surface area is 122 Å². The first-order valence-electron chi connectivity index (χ1n) is 6.33. The van der Waals surface area contributed by atoms with E-state index in [1.165, 1.54) is 6.21 Å². The molecule has 21 heavy (non-hydrogen) atoms. The van der Waals surface area contributed by atoms with Gasteiger partial charge in [0.2, 0.25) is 0 Å². The summed E-state index contributed by atoms with van der Waals surface area (Å²) in [5, 5.41) is 3.56. The minimum absolute atomic E-state index is 0.115. The molecule has 0 heterocycles. The van der Waals surface area contributed by atoms with E-state index in [1.807, 2.05) is 30.3 Å². The molecule has 0 atom stereocenters. The number of nitrogens with zero attached hydrogens (tertiary/aromatic N) is 1. The molecule has 2 aromatic rings. The summed E-state index contributed by atoms with van der Waals surface area (Å²) < 4.78 is 9.96. The molecule has 2 rings (SSSR count). The second-order valence-electron chi connectivity index (χ2n) is 4.12. The van der Waals surface area contributed by atoms with Crippen molar-refractivity contribution in [3.8, 4) is 5.75 Å². The van der Waals surface area contributed by atoms with Crippen molar-refractivity contribution in [3.63, 3.8) is 0 Å². The van der Waals surface area contributed by atoms with Gasteiger partial charge in [-0.05, 0) is 23.3 Å². The number of methoxy groups -OCH3 is 1. The fourth-order valence-electron chi connectivity index (χ4n) is 1.56. The van der Waals surface area contributed by atoms with Crippen molar-refractivity contribution in [2.24, 2.45) is 5.16 Å². The van der Waals surface area contributed by atoms with Gasteiger partial charge in [0.1, 0.15) is 12.4 Å². The van der Waals surface area contributed by atoms with Crippen molar-refractivity contribution in [1.82, 2.24) is 0 Å². The third-order valence-corrected chi connectivity index (χ3v) is 2.64. The van der Waals surface area contributed by atoms with Gasteiger partial charge in [-0.2, -0.15) is 0 Å². The molecule has 0 fully saturated rings. The lowest BCUT2D eigenvalue weighted by molar-refractivity contribution is 0.0524. The number of rotatable bonds is 5. The van der Waals surface area contributed by atoms with Crippen LogP contribution < -0.4 is 4.74 Å². The van der Waals surface area contributed by atoms with E-state index < -0.39 is 6.16 Å². The molecule has 0 aliphatic heterocycles. The standard InChI is InChI=1S/C16H15NO4/c1-19-15-9-7-14(8-10-15)12-20-16(18)21-17-11-13-5-3-2-4-6-13/h2-11H,12H2,1H3/b17-11+. The van der Waals surface area contributed by atoms with Gasteiger partial charge < -0.3 is 9.47 Å². The minimum Gasteiger partial charge on any atom is -0.497 e. The molecule has 5 nitrogen and oxygen atoms in total. The summed E-state index contributed by atoms with van der Waals surface area (Å²) in [4.78, 5) is 15.9. The van der Waals surface area contributed by atoms with E-state index in [2.05, 4.69) is 9.99 Å². The first kappa shape index (κ1) is 14.6. The van der Waals surface area contributed by atoms with Crippen molar-refractivity contribution in [1.29, 1.82) is 0 Å². The maximum absolute atomic E-state index is 11.3.